The van der Waals surface area contributed by atoms with Crippen molar-refractivity contribution in [1.29, 1.82) is 0 Å². The molecule has 0 amide bonds. The van der Waals surface area contributed by atoms with E-state index < -0.39 is 0 Å². The molecule has 5 rings (SSSR count). The summed E-state index contributed by atoms with van der Waals surface area (Å²) < 4.78 is 0. The van der Waals surface area contributed by atoms with Gasteiger partial charge in [0.2, 0.25) is 0 Å². The summed E-state index contributed by atoms with van der Waals surface area (Å²) in [6.45, 7) is 4.32. The molecule has 1 atom stereocenters. The number of ketones is 1. The first kappa shape index (κ1) is 17.0. The van der Waals surface area contributed by atoms with E-state index in [1.165, 1.54) is 0 Å². The lowest BCUT2D eigenvalue weighted by molar-refractivity contribution is -0.118. The van der Waals surface area contributed by atoms with Crippen molar-refractivity contribution in [3.05, 3.63) is 71.4 Å². The predicted octanol–water partition coefficient (Wildman–Crippen LogP) is 5.25. The Labute approximate surface area is 163 Å². The van der Waals surface area contributed by atoms with Gasteiger partial charge in [-0.15, -0.1) is 0 Å². The highest BCUT2D eigenvalue weighted by Crippen LogP contribution is 2.51. The van der Waals surface area contributed by atoms with Crippen LogP contribution in [0.15, 0.2) is 60.3 Å². The van der Waals surface area contributed by atoms with Gasteiger partial charge in [-0.25, -0.2) is 0 Å². The molecule has 1 unspecified atom stereocenters. The number of hydrogen-bond acceptors (Lipinski definition) is 4. The van der Waals surface area contributed by atoms with Gasteiger partial charge in [0.15, 0.2) is 5.78 Å². The summed E-state index contributed by atoms with van der Waals surface area (Å²) in [4.78, 5) is 17.8. The fourth-order valence-electron chi connectivity index (χ4n) is 4.63. The normalized spacial score (nSPS) is 20.5. The maximum absolute atomic E-state index is 13.3. The van der Waals surface area contributed by atoms with Gasteiger partial charge in [-0.1, -0.05) is 32.0 Å². The Kier molecular flexibility index (Phi) is 3.60. The van der Waals surface area contributed by atoms with Crippen LogP contribution in [0.2, 0.25) is 0 Å². The number of hydrogen-bond donors (Lipinski definition) is 2. The van der Waals surface area contributed by atoms with Crippen molar-refractivity contribution in [2.45, 2.75) is 32.7 Å². The van der Waals surface area contributed by atoms with Gasteiger partial charge in [0.1, 0.15) is 5.75 Å². The molecular formula is C24H22N2O2. The number of aromatic nitrogens is 1. The Morgan fingerprint density at radius 3 is 2.64 bits per heavy atom. The van der Waals surface area contributed by atoms with Crippen LogP contribution in [-0.4, -0.2) is 15.9 Å². The zero-order valence-corrected chi connectivity index (χ0v) is 16.0. The molecule has 4 heteroatoms. The molecule has 2 aliphatic rings. The number of fused-ring (bicyclic) bond motifs is 4. The molecule has 140 valence electrons. The molecule has 3 aromatic rings. The number of benzene rings is 2. The van der Waals surface area contributed by atoms with Crippen LogP contribution in [0.3, 0.4) is 0 Å². The third-order valence-corrected chi connectivity index (χ3v) is 5.82. The Balaban J connectivity index is 1.79. The Bertz CT molecular complexity index is 1140. The number of phenolic OH excluding ortho intramolecular Hbond substituents is 1. The van der Waals surface area contributed by atoms with Gasteiger partial charge in [0.05, 0.1) is 11.6 Å². The van der Waals surface area contributed by atoms with E-state index in [1.807, 2.05) is 24.3 Å². The van der Waals surface area contributed by atoms with Crippen molar-refractivity contribution in [2.24, 2.45) is 5.41 Å². The second kappa shape index (κ2) is 5.93. The van der Waals surface area contributed by atoms with Crippen LogP contribution in [0.1, 0.15) is 43.9 Å². The SMILES string of the molecule is CC1(C)CC(=O)C2=C(C1)c1c(ccc3ncccc13)NC2c1ccc(O)cc1. The highest BCUT2D eigenvalue weighted by atomic mass is 16.3. The van der Waals surface area contributed by atoms with E-state index in [4.69, 9.17) is 0 Å². The number of phenols is 1. The lowest BCUT2D eigenvalue weighted by Crippen LogP contribution is -2.33. The molecule has 1 aliphatic heterocycles. The molecule has 4 nitrogen and oxygen atoms in total. The summed E-state index contributed by atoms with van der Waals surface area (Å²) in [6, 6.07) is 15.0. The summed E-state index contributed by atoms with van der Waals surface area (Å²) in [5.74, 6) is 0.422. The number of rotatable bonds is 1. The molecule has 1 aliphatic carbocycles. The summed E-state index contributed by atoms with van der Waals surface area (Å²) >= 11 is 0. The third kappa shape index (κ3) is 2.60. The van der Waals surface area contributed by atoms with Crippen LogP contribution < -0.4 is 5.32 Å². The van der Waals surface area contributed by atoms with E-state index in [2.05, 4.69) is 36.3 Å². The van der Waals surface area contributed by atoms with E-state index in [-0.39, 0.29) is 23.0 Å². The maximum atomic E-state index is 13.3. The molecule has 28 heavy (non-hydrogen) atoms. The monoisotopic (exact) mass is 370 g/mol. The fourth-order valence-corrected chi connectivity index (χ4v) is 4.63. The standard InChI is InChI=1S/C24H22N2O2/c1-24(2)12-17-21-16-4-3-11-25-18(16)9-10-19(21)26-23(22(17)20(28)13-24)14-5-7-15(27)8-6-14/h3-11,23,26-27H,12-13H2,1-2H3. The van der Waals surface area contributed by atoms with Gasteiger partial charge >= 0.3 is 0 Å². The van der Waals surface area contributed by atoms with Gasteiger partial charge < -0.3 is 10.4 Å². The van der Waals surface area contributed by atoms with Crippen LogP contribution in [0.5, 0.6) is 5.75 Å². The molecule has 1 aromatic heterocycles. The van der Waals surface area contributed by atoms with Crippen LogP contribution in [0.4, 0.5) is 5.69 Å². The number of carbonyl (C=O) groups is 1. The highest BCUT2D eigenvalue weighted by molar-refractivity contribution is 6.12. The van der Waals surface area contributed by atoms with Crippen molar-refractivity contribution < 1.29 is 9.90 Å². The number of aromatic hydroxyl groups is 1. The van der Waals surface area contributed by atoms with Gasteiger partial charge in [-0.2, -0.15) is 0 Å². The summed E-state index contributed by atoms with van der Waals surface area (Å²) in [6.07, 6.45) is 3.20. The molecular weight excluding hydrogens is 348 g/mol. The molecule has 0 radical (unpaired) electrons. The topological polar surface area (TPSA) is 62.2 Å². The fraction of sp³-hybridized carbons (Fsp3) is 0.250. The average molecular weight is 370 g/mol. The first-order valence-corrected chi connectivity index (χ1v) is 9.63. The highest BCUT2D eigenvalue weighted by Gasteiger charge is 2.40. The van der Waals surface area contributed by atoms with Crippen LogP contribution >= 0.6 is 0 Å². The first-order chi connectivity index (χ1) is 13.4. The van der Waals surface area contributed by atoms with Crippen molar-refractivity contribution in [3.63, 3.8) is 0 Å². The molecule has 0 fully saturated rings. The van der Waals surface area contributed by atoms with Crippen LogP contribution in [-0.2, 0) is 4.79 Å². The zero-order chi connectivity index (χ0) is 19.5. The minimum absolute atomic E-state index is 0.0750. The van der Waals surface area contributed by atoms with Crippen molar-refractivity contribution in [1.82, 2.24) is 4.98 Å². The minimum Gasteiger partial charge on any atom is -0.508 e. The van der Waals surface area contributed by atoms with E-state index in [0.29, 0.717) is 6.42 Å². The Morgan fingerprint density at radius 1 is 1.07 bits per heavy atom. The summed E-state index contributed by atoms with van der Waals surface area (Å²) in [5, 5.41) is 14.4. The third-order valence-electron chi connectivity index (χ3n) is 5.82. The number of nitrogens with zero attached hydrogens (tertiary/aromatic N) is 1. The smallest absolute Gasteiger partial charge is 0.162 e. The number of nitrogens with one attached hydrogen (secondary N) is 1. The van der Waals surface area contributed by atoms with Crippen LogP contribution in [0, 0.1) is 5.41 Å². The Morgan fingerprint density at radius 2 is 1.86 bits per heavy atom. The lowest BCUT2D eigenvalue weighted by Gasteiger charge is -2.40. The molecule has 2 N–H and O–H groups in total. The van der Waals surface area contributed by atoms with Gasteiger partial charge in [-0.05, 0) is 53.3 Å². The molecule has 2 aromatic carbocycles. The first-order valence-electron chi connectivity index (χ1n) is 9.63. The molecule has 0 saturated carbocycles. The van der Waals surface area contributed by atoms with E-state index in [1.54, 1.807) is 18.3 Å². The second-order valence-electron chi connectivity index (χ2n) is 8.56. The molecule has 0 bridgehead atoms. The van der Waals surface area contributed by atoms with Crippen molar-refractivity contribution in [2.75, 3.05) is 5.32 Å². The van der Waals surface area contributed by atoms with E-state index in [0.717, 1.165) is 45.3 Å². The van der Waals surface area contributed by atoms with E-state index >= 15 is 0 Å². The largest absolute Gasteiger partial charge is 0.508 e. The van der Waals surface area contributed by atoms with Crippen molar-refractivity contribution in [3.8, 4) is 5.75 Å². The number of pyridine rings is 1. The zero-order valence-electron chi connectivity index (χ0n) is 16.0. The number of Topliss-reactive ketones (excluding diaryl/α,β-unsaturated/α-hetero) is 1. The van der Waals surface area contributed by atoms with Gasteiger partial charge in [0.25, 0.3) is 0 Å². The quantitative estimate of drug-likeness (QED) is 0.614. The molecule has 0 saturated heterocycles. The van der Waals surface area contributed by atoms with Gasteiger partial charge in [-0.3, -0.25) is 9.78 Å². The summed E-state index contributed by atoms with van der Waals surface area (Å²) in [7, 11) is 0. The molecule has 0 spiro atoms. The van der Waals surface area contributed by atoms with E-state index in [9.17, 15) is 9.90 Å². The predicted molar refractivity (Wildman–Crippen MR) is 111 cm³/mol. The number of carbonyl (C=O) groups excluding carboxylic acids is 1. The second-order valence-corrected chi connectivity index (χ2v) is 8.56. The van der Waals surface area contributed by atoms with Gasteiger partial charge in [0, 0.05) is 34.8 Å². The Hall–Kier alpha value is -3.14. The number of anilines is 1. The lowest BCUT2D eigenvalue weighted by atomic mass is 9.68. The number of allylic oxidation sites excluding steroid dienone is 1. The molecule has 2 heterocycles. The summed E-state index contributed by atoms with van der Waals surface area (Å²) in [5.41, 5.74) is 5.97. The van der Waals surface area contributed by atoms with Crippen molar-refractivity contribution >= 4 is 27.9 Å². The van der Waals surface area contributed by atoms with Crippen LogP contribution in [0.25, 0.3) is 16.5 Å². The maximum Gasteiger partial charge on any atom is 0.162 e. The minimum atomic E-state index is -0.208. The average Bonchev–Trinajstić information content (AvgIpc) is 2.66.